The maximum Gasteiger partial charge on any atom is 0.338 e. The van der Waals surface area contributed by atoms with Gasteiger partial charge < -0.3 is 14.6 Å². The predicted molar refractivity (Wildman–Crippen MR) is 72.9 cm³/mol. The first-order chi connectivity index (χ1) is 8.92. The molecule has 4 nitrogen and oxygen atoms in total. The van der Waals surface area contributed by atoms with Gasteiger partial charge in [0.15, 0.2) is 0 Å². The van der Waals surface area contributed by atoms with E-state index in [1.807, 2.05) is 12.1 Å². The van der Waals surface area contributed by atoms with Crippen LogP contribution in [0.25, 0.3) is 0 Å². The molecule has 0 heterocycles. The molecule has 0 aliphatic rings. The molecule has 0 saturated carbocycles. The molecular weight excluding hydrogens is 244 g/mol. The Hall–Kier alpha value is -1.39. The topological polar surface area (TPSA) is 55.8 Å². The zero-order valence-corrected chi connectivity index (χ0v) is 11.8. The van der Waals surface area contributed by atoms with Gasteiger partial charge in [0.05, 0.1) is 25.4 Å². The van der Waals surface area contributed by atoms with E-state index in [9.17, 15) is 4.79 Å². The summed E-state index contributed by atoms with van der Waals surface area (Å²) in [6.45, 7) is 7.43. The van der Waals surface area contributed by atoms with Gasteiger partial charge in [0.25, 0.3) is 0 Å². The number of hydrogen-bond acceptors (Lipinski definition) is 4. The van der Waals surface area contributed by atoms with Crippen molar-refractivity contribution < 1.29 is 19.4 Å². The van der Waals surface area contributed by atoms with Gasteiger partial charge >= 0.3 is 5.97 Å². The number of hydrogen-bond donors (Lipinski definition) is 1. The van der Waals surface area contributed by atoms with E-state index in [2.05, 4.69) is 20.8 Å². The summed E-state index contributed by atoms with van der Waals surface area (Å²) in [4.78, 5) is 11.5. The van der Waals surface area contributed by atoms with Gasteiger partial charge in [-0.1, -0.05) is 32.9 Å². The lowest BCUT2D eigenvalue weighted by Crippen LogP contribution is -2.14. The van der Waals surface area contributed by atoms with E-state index < -0.39 is 5.97 Å². The molecule has 0 aromatic heterocycles. The number of carbonyl (C=O) groups excluding carboxylic acids is 1. The van der Waals surface area contributed by atoms with E-state index in [1.165, 1.54) is 0 Å². The zero-order chi connectivity index (χ0) is 14.3. The average molecular weight is 266 g/mol. The van der Waals surface area contributed by atoms with Gasteiger partial charge in [-0.25, -0.2) is 4.79 Å². The van der Waals surface area contributed by atoms with E-state index in [4.69, 9.17) is 14.6 Å². The van der Waals surface area contributed by atoms with Crippen molar-refractivity contribution in [2.75, 3.05) is 19.8 Å². The number of aliphatic hydroxyl groups is 1. The molecule has 0 atom stereocenters. The van der Waals surface area contributed by atoms with Crippen molar-refractivity contribution in [2.45, 2.75) is 27.4 Å². The Kier molecular flexibility index (Phi) is 5.99. The molecule has 1 N–H and O–H groups in total. The summed E-state index contributed by atoms with van der Waals surface area (Å²) in [6, 6.07) is 7.10. The number of ether oxygens (including phenoxy) is 2. The van der Waals surface area contributed by atoms with Crippen molar-refractivity contribution in [3.63, 3.8) is 0 Å². The summed E-state index contributed by atoms with van der Waals surface area (Å²) < 4.78 is 10.4. The number of aliphatic hydroxyl groups excluding tert-OH is 1. The van der Waals surface area contributed by atoms with E-state index >= 15 is 0 Å². The van der Waals surface area contributed by atoms with Crippen molar-refractivity contribution in [3.05, 3.63) is 35.4 Å². The summed E-state index contributed by atoms with van der Waals surface area (Å²) in [7, 11) is 0. The summed E-state index contributed by atoms with van der Waals surface area (Å²) in [6.07, 6.45) is 0. The highest BCUT2D eigenvalue weighted by molar-refractivity contribution is 5.89. The van der Waals surface area contributed by atoms with Crippen LogP contribution < -0.4 is 0 Å². The molecule has 0 fully saturated rings. The van der Waals surface area contributed by atoms with E-state index in [-0.39, 0.29) is 18.6 Å². The second kappa shape index (κ2) is 7.26. The molecule has 0 spiro atoms. The Morgan fingerprint density at radius 1 is 1.21 bits per heavy atom. The van der Waals surface area contributed by atoms with Gasteiger partial charge in [-0.3, -0.25) is 0 Å². The number of carbonyl (C=O) groups is 1. The van der Waals surface area contributed by atoms with Gasteiger partial charge in [0.2, 0.25) is 0 Å². The maximum atomic E-state index is 11.5. The predicted octanol–water partition coefficient (Wildman–Crippen LogP) is 2.40. The van der Waals surface area contributed by atoms with Crippen LogP contribution >= 0.6 is 0 Å². The lowest BCUT2D eigenvalue weighted by molar-refractivity contribution is 0.0433. The van der Waals surface area contributed by atoms with Crippen molar-refractivity contribution in [2.24, 2.45) is 5.41 Å². The molecule has 0 bridgehead atoms. The Bertz CT molecular complexity index is 390. The molecule has 0 saturated heterocycles. The molecule has 0 amide bonds. The van der Waals surface area contributed by atoms with Crippen LogP contribution in [0.5, 0.6) is 0 Å². The molecule has 1 rings (SSSR count). The maximum absolute atomic E-state index is 11.5. The van der Waals surface area contributed by atoms with Crippen molar-refractivity contribution >= 4 is 5.97 Å². The number of rotatable bonds is 6. The Morgan fingerprint density at radius 3 is 2.37 bits per heavy atom. The smallest absolute Gasteiger partial charge is 0.338 e. The monoisotopic (exact) mass is 266 g/mol. The summed E-state index contributed by atoms with van der Waals surface area (Å²) in [5, 5.41) is 8.58. The van der Waals surface area contributed by atoms with Crippen LogP contribution in [-0.2, 0) is 16.1 Å². The molecule has 19 heavy (non-hydrogen) atoms. The highest BCUT2D eigenvalue weighted by atomic mass is 16.5. The Morgan fingerprint density at radius 2 is 1.84 bits per heavy atom. The summed E-state index contributed by atoms with van der Waals surface area (Å²) in [5.41, 5.74) is 1.64. The first-order valence-corrected chi connectivity index (χ1v) is 6.37. The van der Waals surface area contributed by atoms with E-state index in [0.29, 0.717) is 18.8 Å². The van der Waals surface area contributed by atoms with Gasteiger partial charge in [-0.05, 0) is 23.1 Å². The van der Waals surface area contributed by atoms with Gasteiger partial charge in [-0.15, -0.1) is 0 Å². The summed E-state index contributed by atoms with van der Waals surface area (Å²) in [5.74, 6) is -0.420. The third-order valence-corrected chi connectivity index (χ3v) is 2.32. The SMILES string of the molecule is CC(C)(C)COCc1ccc(C(=O)OCCO)cc1. The van der Waals surface area contributed by atoms with Gasteiger partial charge in [0.1, 0.15) is 6.61 Å². The third-order valence-electron chi connectivity index (χ3n) is 2.32. The fourth-order valence-electron chi connectivity index (χ4n) is 1.43. The molecule has 0 radical (unpaired) electrons. The van der Waals surface area contributed by atoms with Crippen LogP contribution in [0.1, 0.15) is 36.7 Å². The first kappa shape index (κ1) is 15.7. The fraction of sp³-hybridized carbons (Fsp3) is 0.533. The van der Waals surface area contributed by atoms with Crippen LogP contribution in [0.4, 0.5) is 0 Å². The fourth-order valence-corrected chi connectivity index (χ4v) is 1.43. The normalized spacial score (nSPS) is 11.4. The zero-order valence-electron chi connectivity index (χ0n) is 11.8. The minimum Gasteiger partial charge on any atom is -0.460 e. The second-order valence-corrected chi connectivity index (χ2v) is 5.61. The van der Waals surface area contributed by atoms with Crippen LogP contribution in [0.2, 0.25) is 0 Å². The first-order valence-electron chi connectivity index (χ1n) is 6.37. The van der Waals surface area contributed by atoms with Crippen LogP contribution in [-0.4, -0.2) is 30.9 Å². The molecule has 4 heteroatoms. The highest BCUT2D eigenvalue weighted by Crippen LogP contribution is 2.14. The van der Waals surface area contributed by atoms with Crippen LogP contribution in [0, 0.1) is 5.41 Å². The third kappa shape index (κ3) is 6.36. The number of esters is 1. The number of benzene rings is 1. The lowest BCUT2D eigenvalue weighted by Gasteiger charge is -2.18. The molecule has 0 aliphatic heterocycles. The van der Waals surface area contributed by atoms with Crippen molar-refractivity contribution in [3.8, 4) is 0 Å². The van der Waals surface area contributed by atoms with Gasteiger partial charge in [-0.2, -0.15) is 0 Å². The second-order valence-electron chi connectivity index (χ2n) is 5.61. The standard InChI is InChI=1S/C15H22O4/c1-15(2,3)11-18-10-12-4-6-13(7-5-12)14(17)19-9-8-16/h4-7,16H,8-11H2,1-3H3. The van der Waals surface area contributed by atoms with Crippen LogP contribution in [0.3, 0.4) is 0 Å². The minimum absolute atomic E-state index is 0.0231. The Labute approximate surface area is 114 Å². The van der Waals surface area contributed by atoms with Gasteiger partial charge in [0, 0.05) is 0 Å². The molecule has 0 unspecified atom stereocenters. The molecular formula is C15H22O4. The minimum atomic E-state index is -0.420. The van der Waals surface area contributed by atoms with Crippen molar-refractivity contribution in [1.82, 2.24) is 0 Å². The van der Waals surface area contributed by atoms with Crippen LogP contribution in [0.15, 0.2) is 24.3 Å². The Balaban J connectivity index is 2.45. The quantitative estimate of drug-likeness (QED) is 0.803. The average Bonchev–Trinajstić information content (AvgIpc) is 2.35. The molecule has 1 aromatic carbocycles. The molecule has 1 aromatic rings. The molecule has 106 valence electrons. The largest absolute Gasteiger partial charge is 0.460 e. The lowest BCUT2D eigenvalue weighted by atomic mass is 9.99. The van der Waals surface area contributed by atoms with E-state index in [0.717, 1.165) is 5.56 Å². The summed E-state index contributed by atoms with van der Waals surface area (Å²) >= 11 is 0. The molecule has 0 aliphatic carbocycles. The van der Waals surface area contributed by atoms with Crippen molar-refractivity contribution in [1.29, 1.82) is 0 Å². The highest BCUT2D eigenvalue weighted by Gasteiger charge is 2.10. The van der Waals surface area contributed by atoms with E-state index in [1.54, 1.807) is 12.1 Å².